The molecule has 0 radical (unpaired) electrons. The van der Waals surface area contributed by atoms with Gasteiger partial charge in [-0.25, -0.2) is 4.39 Å². The number of hydrogen-bond acceptors (Lipinski definition) is 2. The maximum atomic E-state index is 12.8. The molecular weight excluding hydrogens is 328 g/mol. The molecule has 1 amide bonds. The molecule has 0 unspecified atom stereocenters. The Balaban J connectivity index is 1.88. The smallest absolute Gasteiger partial charge is 0.229 e. The van der Waals surface area contributed by atoms with Gasteiger partial charge in [-0.15, -0.1) is 23.2 Å². The normalized spacial score (nSPS) is 27.1. The first-order valence-electron chi connectivity index (χ1n) is 7.32. The minimum Gasteiger partial charge on any atom is -0.491 e. The summed E-state index contributed by atoms with van der Waals surface area (Å²) in [6.07, 6.45) is 0.582. The van der Waals surface area contributed by atoms with Crippen LogP contribution < -0.4 is 10.1 Å². The van der Waals surface area contributed by atoms with Crippen LogP contribution in [-0.2, 0) is 4.79 Å². The summed E-state index contributed by atoms with van der Waals surface area (Å²) < 4.78 is 17.3. The predicted octanol–water partition coefficient (Wildman–Crippen LogP) is 3.93. The summed E-state index contributed by atoms with van der Waals surface area (Å²) in [6, 6.07) is 5.53. The molecule has 0 aliphatic heterocycles. The van der Waals surface area contributed by atoms with E-state index in [1.54, 1.807) is 12.1 Å². The molecule has 1 aliphatic carbocycles. The van der Waals surface area contributed by atoms with Crippen LogP contribution in [0.1, 0.15) is 27.2 Å². The highest BCUT2D eigenvalue weighted by molar-refractivity contribution is 6.53. The highest BCUT2D eigenvalue weighted by Gasteiger charge is 2.76. The van der Waals surface area contributed by atoms with E-state index >= 15 is 0 Å². The number of benzene rings is 1. The fourth-order valence-corrected chi connectivity index (χ4v) is 3.87. The average Bonchev–Trinajstić information content (AvgIpc) is 2.92. The van der Waals surface area contributed by atoms with Crippen LogP contribution in [0.25, 0.3) is 0 Å². The van der Waals surface area contributed by atoms with Crippen molar-refractivity contribution in [3.05, 3.63) is 30.1 Å². The molecule has 2 rings (SSSR count). The Labute approximate surface area is 140 Å². The number of carbonyl (C=O) groups excluding carboxylic acids is 1. The van der Waals surface area contributed by atoms with E-state index in [4.69, 9.17) is 27.9 Å². The van der Waals surface area contributed by atoms with Crippen molar-refractivity contribution in [2.24, 2.45) is 11.3 Å². The van der Waals surface area contributed by atoms with Crippen LogP contribution in [0, 0.1) is 17.2 Å². The summed E-state index contributed by atoms with van der Waals surface area (Å²) in [5.74, 6) is -0.000316. The first kappa shape index (κ1) is 17.4. The molecule has 1 aromatic rings. The Morgan fingerprint density at radius 1 is 1.41 bits per heavy atom. The fraction of sp³-hybridized carbons (Fsp3) is 0.562. The highest BCUT2D eigenvalue weighted by atomic mass is 35.5. The van der Waals surface area contributed by atoms with Gasteiger partial charge in [0.1, 0.15) is 22.5 Å². The molecule has 0 bridgehead atoms. The fourth-order valence-electron chi connectivity index (χ4n) is 2.84. The Kier molecular flexibility index (Phi) is 4.93. The van der Waals surface area contributed by atoms with Gasteiger partial charge in [-0.1, -0.05) is 13.8 Å². The lowest BCUT2D eigenvalue weighted by atomic mass is 9.99. The number of ether oxygens (including phenoxy) is 1. The summed E-state index contributed by atoms with van der Waals surface area (Å²) in [7, 11) is 0. The molecule has 0 spiro atoms. The summed E-state index contributed by atoms with van der Waals surface area (Å²) in [4.78, 5) is 12.5. The van der Waals surface area contributed by atoms with E-state index in [0.29, 0.717) is 12.2 Å². The van der Waals surface area contributed by atoms with Crippen molar-refractivity contribution in [3.63, 3.8) is 0 Å². The molecule has 0 heterocycles. The first-order chi connectivity index (χ1) is 10.3. The zero-order valence-corrected chi connectivity index (χ0v) is 14.3. The Bertz CT molecular complexity index is 550. The van der Waals surface area contributed by atoms with Crippen molar-refractivity contribution in [1.29, 1.82) is 0 Å². The Morgan fingerprint density at radius 2 is 1.95 bits per heavy atom. The summed E-state index contributed by atoms with van der Waals surface area (Å²) in [6.45, 7) is 5.90. The quantitative estimate of drug-likeness (QED) is 0.791. The van der Waals surface area contributed by atoms with Gasteiger partial charge in [-0.2, -0.15) is 0 Å². The number of hydrogen-bond donors (Lipinski definition) is 1. The van der Waals surface area contributed by atoms with Crippen molar-refractivity contribution in [1.82, 2.24) is 5.32 Å². The Hall–Kier alpha value is -1.00. The van der Waals surface area contributed by atoms with Crippen LogP contribution in [0.2, 0.25) is 0 Å². The van der Waals surface area contributed by atoms with E-state index in [1.807, 2.05) is 20.8 Å². The number of rotatable bonds is 6. The molecule has 1 N–H and O–H groups in total. The molecular formula is C16H20Cl2FNO2. The van der Waals surface area contributed by atoms with Gasteiger partial charge in [-0.3, -0.25) is 4.79 Å². The van der Waals surface area contributed by atoms with Crippen LogP contribution in [0.3, 0.4) is 0 Å². The minimum atomic E-state index is -1.01. The SMILES string of the molecule is CC[C@@]1(C(=O)N[C@H](C)COc2ccc(F)cc2)[C@H](C)C1(Cl)Cl. The van der Waals surface area contributed by atoms with Crippen LogP contribution in [0.15, 0.2) is 24.3 Å². The lowest BCUT2D eigenvalue weighted by molar-refractivity contribution is -0.127. The molecule has 1 fully saturated rings. The van der Waals surface area contributed by atoms with E-state index < -0.39 is 9.75 Å². The minimum absolute atomic E-state index is 0.0847. The second-order valence-electron chi connectivity index (χ2n) is 5.81. The molecule has 3 atom stereocenters. The molecule has 1 aromatic carbocycles. The average molecular weight is 348 g/mol. The van der Waals surface area contributed by atoms with Crippen LogP contribution >= 0.6 is 23.2 Å². The molecule has 1 saturated carbocycles. The first-order valence-corrected chi connectivity index (χ1v) is 8.08. The number of alkyl halides is 2. The van der Waals surface area contributed by atoms with E-state index in [2.05, 4.69) is 5.32 Å². The molecule has 0 aromatic heterocycles. The van der Waals surface area contributed by atoms with E-state index in [0.717, 1.165) is 0 Å². The topological polar surface area (TPSA) is 38.3 Å². The van der Waals surface area contributed by atoms with Gasteiger partial charge in [0.05, 0.1) is 11.5 Å². The largest absolute Gasteiger partial charge is 0.491 e. The lowest BCUT2D eigenvalue weighted by Crippen LogP contribution is -2.43. The maximum Gasteiger partial charge on any atom is 0.229 e. The van der Waals surface area contributed by atoms with Crippen LogP contribution in [0.4, 0.5) is 4.39 Å². The highest BCUT2D eigenvalue weighted by Crippen LogP contribution is 2.70. The van der Waals surface area contributed by atoms with Crippen molar-refractivity contribution in [2.75, 3.05) is 6.61 Å². The van der Waals surface area contributed by atoms with Gasteiger partial charge in [0.15, 0.2) is 0 Å². The third kappa shape index (κ3) is 2.91. The van der Waals surface area contributed by atoms with Crippen molar-refractivity contribution in [3.8, 4) is 5.75 Å². The van der Waals surface area contributed by atoms with Crippen molar-refractivity contribution in [2.45, 2.75) is 37.6 Å². The van der Waals surface area contributed by atoms with Gasteiger partial charge in [-0.05, 0) is 37.6 Å². The zero-order chi connectivity index (χ0) is 16.5. The third-order valence-corrected chi connectivity index (χ3v) is 5.78. The summed E-state index contributed by atoms with van der Waals surface area (Å²) >= 11 is 12.4. The van der Waals surface area contributed by atoms with E-state index in [9.17, 15) is 9.18 Å². The molecule has 6 heteroatoms. The van der Waals surface area contributed by atoms with Crippen LogP contribution in [-0.4, -0.2) is 22.9 Å². The Morgan fingerprint density at radius 3 is 2.41 bits per heavy atom. The van der Waals surface area contributed by atoms with E-state index in [-0.39, 0.29) is 30.3 Å². The number of nitrogens with one attached hydrogen (secondary N) is 1. The third-order valence-electron chi connectivity index (χ3n) is 4.45. The molecule has 122 valence electrons. The second kappa shape index (κ2) is 6.25. The number of halogens is 3. The molecule has 22 heavy (non-hydrogen) atoms. The summed E-state index contributed by atoms with van der Waals surface area (Å²) in [5.41, 5.74) is -0.736. The number of carbonyl (C=O) groups is 1. The molecule has 1 aliphatic rings. The summed E-state index contributed by atoms with van der Waals surface area (Å²) in [5, 5.41) is 2.89. The van der Waals surface area contributed by atoms with Gasteiger partial charge in [0, 0.05) is 5.92 Å². The van der Waals surface area contributed by atoms with Gasteiger partial charge in [0.25, 0.3) is 0 Å². The predicted molar refractivity (Wildman–Crippen MR) is 85.8 cm³/mol. The maximum absolute atomic E-state index is 12.8. The van der Waals surface area contributed by atoms with Crippen molar-refractivity contribution >= 4 is 29.1 Å². The number of amides is 1. The van der Waals surface area contributed by atoms with Gasteiger partial charge in [0.2, 0.25) is 5.91 Å². The van der Waals surface area contributed by atoms with Crippen LogP contribution in [0.5, 0.6) is 5.75 Å². The zero-order valence-electron chi connectivity index (χ0n) is 12.8. The molecule has 0 saturated heterocycles. The van der Waals surface area contributed by atoms with Crippen molar-refractivity contribution < 1.29 is 13.9 Å². The molecule has 3 nitrogen and oxygen atoms in total. The lowest BCUT2D eigenvalue weighted by Gasteiger charge is -2.20. The van der Waals surface area contributed by atoms with E-state index in [1.165, 1.54) is 12.1 Å². The monoisotopic (exact) mass is 347 g/mol. The van der Waals surface area contributed by atoms with Gasteiger partial charge >= 0.3 is 0 Å². The second-order valence-corrected chi connectivity index (χ2v) is 7.19. The van der Waals surface area contributed by atoms with Gasteiger partial charge < -0.3 is 10.1 Å². The standard InChI is InChI=1S/C16H20Cl2FNO2/c1-4-15(11(3)16(15,17)18)14(21)20-10(2)9-22-13-7-5-12(19)6-8-13/h5-8,10-11H,4,9H2,1-3H3,(H,20,21)/t10-,11+,15+/m1/s1.